The molecule has 1 unspecified atom stereocenters. The van der Waals surface area contributed by atoms with E-state index >= 15 is 0 Å². The van der Waals surface area contributed by atoms with Crippen molar-refractivity contribution in [1.29, 1.82) is 0 Å². The molecule has 0 fully saturated rings. The van der Waals surface area contributed by atoms with Gasteiger partial charge in [-0.3, -0.25) is 4.99 Å². The maximum Gasteiger partial charge on any atom is 0.326 e. The fourth-order valence-corrected chi connectivity index (χ4v) is 4.17. The Bertz CT molecular complexity index is 915. The van der Waals surface area contributed by atoms with E-state index in [9.17, 15) is 9.90 Å². The van der Waals surface area contributed by atoms with Crippen molar-refractivity contribution in [3.05, 3.63) is 58.1 Å². The predicted molar refractivity (Wildman–Crippen MR) is 107 cm³/mol. The van der Waals surface area contributed by atoms with Crippen molar-refractivity contribution >= 4 is 33.4 Å². The molecule has 2 aliphatic heterocycles. The van der Waals surface area contributed by atoms with Gasteiger partial charge in [-0.25, -0.2) is 4.79 Å². The molecule has 1 N–H and O–H groups in total. The van der Waals surface area contributed by atoms with Crippen molar-refractivity contribution in [2.45, 2.75) is 19.0 Å². The number of hydrogen-bond acceptors (Lipinski definition) is 5. The highest BCUT2D eigenvalue weighted by molar-refractivity contribution is 9.10. The third-order valence-electron chi connectivity index (χ3n) is 5.01. The third-order valence-corrected chi connectivity index (χ3v) is 5.50. The number of nitrogens with zero attached hydrogens (tertiary/aromatic N) is 3. The van der Waals surface area contributed by atoms with E-state index in [0.29, 0.717) is 26.2 Å². The Labute approximate surface area is 166 Å². The monoisotopic (exact) mass is 429 g/mol. The van der Waals surface area contributed by atoms with Crippen LogP contribution in [0.15, 0.2) is 51.9 Å². The Morgan fingerprint density at radius 3 is 2.93 bits per heavy atom. The molecule has 0 saturated heterocycles. The average Bonchev–Trinajstić information content (AvgIpc) is 2.68. The summed E-state index contributed by atoms with van der Waals surface area (Å²) in [6.45, 7) is 1.62. The first-order chi connectivity index (χ1) is 13.1. The van der Waals surface area contributed by atoms with Crippen molar-refractivity contribution in [1.82, 2.24) is 4.90 Å². The number of ether oxygens (including phenoxy) is 1. The molecule has 27 heavy (non-hydrogen) atoms. The van der Waals surface area contributed by atoms with Gasteiger partial charge in [0.05, 0.1) is 13.8 Å². The van der Waals surface area contributed by atoms with Crippen molar-refractivity contribution in [3.63, 3.8) is 0 Å². The Balaban J connectivity index is 1.75. The first kappa shape index (κ1) is 17.9. The van der Waals surface area contributed by atoms with E-state index in [1.807, 2.05) is 41.3 Å². The number of benzene rings is 2. The van der Waals surface area contributed by atoms with Crippen LogP contribution in [0.5, 0.6) is 5.75 Å². The molecule has 0 bridgehead atoms. The van der Waals surface area contributed by atoms with Crippen molar-refractivity contribution in [2.75, 3.05) is 25.2 Å². The van der Waals surface area contributed by atoms with E-state index < -0.39 is 12.0 Å². The minimum atomic E-state index is -0.804. The summed E-state index contributed by atoms with van der Waals surface area (Å²) in [6, 6.07) is 13.4. The number of carbonyl (C=O) groups is 1. The number of rotatable bonds is 4. The highest BCUT2D eigenvalue weighted by atomic mass is 79.9. The van der Waals surface area contributed by atoms with Crippen LogP contribution in [0, 0.1) is 0 Å². The number of anilines is 1. The lowest BCUT2D eigenvalue weighted by Crippen LogP contribution is -2.55. The Morgan fingerprint density at radius 2 is 2.15 bits per heavy atom. The largest absolute Gasteiger partial charge is 0.496 e. The van der Waals surface area contributed by atoms with Gasteiger partial charge in [-0.15, -0.1) is 0 Å². The zero-order valence-corrected chi connectivity index (χ0v) is 16.5. The van der Waals surface area contributed by atoms with Gasteiger partial charge in [-0.1, -0.05) is 28.1 Å². The molecule has 0 radical (unpaired) electrons. The lowest BCUT2D eigenvalue weighted by atomic mass is 10.0. The topological polar surface area (TPSA) is 65.4 Å². The molecule has 0 amide bonds. The second-order valence-electron chi connectivity index (χ2n) is 6.63. The molecule has 2 aromatic carbocycles. The SMILES string of the molecule is COc1ccc(Br)cc1CN1CN2C(=NCCC2C(=O)O)c2ccccc21. The molecule has 0 aromatic heterocycles. The molecule has 2 aromatic rings. The molecule has 2 heterocycles. The molecule has 140 valence electrons. The standard InChI is InChI=1S/C20H20BrN3O3/c1-27-18-7-6-14(21)10-13(18)11-23-12-24-17(20(25)26)8-9-22-19(24)15-4-2-3-5-16(15)23/h2-7,10,17H,8-9,11-12H2,1H3,(H,25,26). The minimum Gasteiger partial charge on any atom is -0.496 e. The minimum absolute atomic E-state index is 0.475. The molecule has 7 heteroatoms. The van der Waals surface area contributed by atoms with Crippen molar-refractivity contribution in [3.8, 4) is 5.75 Å². The van der Waals surface area contributed by atoms with E-state index in [-0.39, 0.29) is 0 Å². The molecule has 0 saturated carbocycles. The maximum absolute atomic E-state index is 11.8. The van der Waals surface area contributed by atoms with Gasteiger partial charge < -0.3 is 19.6 Å². The highest BCUT2D eigenvalue weighted by Gasteiger charge is 2.37. The summed E-state index contributed by atoms with van der Waals surface area (Å²) in [7, 11) is 1.66. The number of para-hydroxylation sites is 1. The van der Waals surface area contributed by atoms with Crippen molar-refractivity contribution in [2.24, 2.45) is 4.99 Å². The molecule has 0 spiro atoms. The van der Waals surface area contributed by atoms with Gasteiger partial charge in [0.2, 0.25) is 0 Å². The van der Waals surface area contributed by atoms with Gasteiger partial charge in [0.15, 0.2) is 0 Å². The summed E-state index contributed by atoms with van der Waals surface area (Å²) in [5.41, 5.74) is 3.06. The Hall–Kier alpha value is -2.54. The lowest BCUT2D eigenvalue weighted by molar-refractivity contribution is -0.142. The van der Waals surface area contributed by atoms with E-state index in [0.717, 1.165) is 32.9 Å². The number of fused-ring (bicyclic) bond motifs is 3. The first-order valence-corrected chi connectivity index (χ1v) is 9.58. The molecule has 2 aliphatic rings. The molecule has 1 atom stereocenters. The van der Waals surface area contributed by atoms with Crippen LogP contribution in [0.1, 0.15) is 17.5 Å². The number of aliphatic imine (C=N–C) groups is 1. The summed E-state index contributed by atoms with van der Waals surface area (Å²) in [5.74, 6) is 0.784. The van der Waals surface area contributed by atoms with Gasteiger partial charge in [0, 0.05) is 34.4 Å². The van der Waals surface area contributed by atoms with E-state index in [1.54, 1.807) is 7.11 Å². The lowest BCUT2D eigenvalue weighted by Gasteiger charge is -2.44. The van der Waals surface area contributed by atoms with Gasteiger partial charge in [-0.05, 0) is 36.8 Å². The van der Waals surface area contributed by atoms with Crippen LogP contribution >= 0.6 is 15.9 Å². The second-order valence-corrected chi connectivity index (χ2v) is 7.55. The zero-order chi connectivity index (χ0) is 19.0. The fraction of sp³-hybridized carbons (Fsp3) is 0.300. The molecule has 6 nitrogen and oxygen atoms in total. The summed E-state index contributed by atoms with van der Waals surface area (Å²) in [4.78, 5) is 20.5. The second kappa shape index (κ2) is 7.23. The van der Waals surface area contributed by atoms with Gasteiger partial charge in [-0.2, -0.15) is 0 Å². The molecule has 0 aliphatic carbocycles. The van der Waals surface area contributed by atoms with Crippen LogP contribution < -0.4 is 9.64 Å². The number of amidine groups is 1. The van der Waals surface area contributed by atoms with Crippen LogP contribution in [-0.4, -0.2) is 48.2 Å². The maximum atomic E-state index is 11.8. The zero-order valence-electron chi connectivity index (χ0n) is 14.9. The van der Waals surface area contributed by atoms with E-state index in [4.69, 9.17) is 4.74 Å². The summed E-state index contributed by atoms with van der Waals surface area (Å²) < 4.78 is 6.50. The van der Waals surface area contributed by atoms with Crippen LogP contribution in [-0.2, 0) is 11.3 Å². The van der Waals surface area contributed by atoms with Crippen LogP contribution in [0.3, 0.4) is 0 Å². The normalized spacial score (nSPS) is 18.4. The van der Waals surface area contributed by atoms with Gasteiger partial charge in [0.25, 0.3) is 0 Å². The third kappa shape index (κ3) is 3.27. The van der Waals surface area contributed by atoms with E-state index in [2.05, 4.69) is 31.9 Å². The number of halogens is 1. The highest BCUT2D eigenvalue weighted by Crippen LogP contribution is 2.34. The summed E-state index contributed by atoms with van der Waals surface area (Å²) in [5, 5.41) is 9.68. The van der Waals surface area contributed by atoms with E-state index in [1.165, 1.54) is 0 Å². The smallest absolute Gasteiger partial charge is 0.326 e. The molecular weight excluding hydrogens is 410 g/mol. The fourth-order valence-electron chi connectivity index (χ4n) is 3.76. The van der Waals surface area contributed by atoms with Gasteiger partial charge >= 0.3 is 5.97 Å². The van der Waals surface area contributed by atoms with Crippen LogP contribution in [0.2, 0.25) is 0 Å². The van der Waals surface area contributed by atoms with Crippen LogP contribution in [0.25, 0.3) is 0 Å². The van der Waals surface area contributed by atoms with Crippen LogP contribution in [0.4, 0.5) is 5.69 Å². The van der Waals surface area contributed by atoms with Crippen molar-refractivity contribution < 1.29 is 14.6 Å². The molecular formula is C20H20BrN3O3. The predicted octanol–water partition coefficient (Wildman–Crippen LogP) is 3.34. The average molecular weight is 430 g/mol. The van der Waals surface area contributed by atoms with Gasteiger partial charge in [0.1, 0.15) is 17.6 Å². The summed E-state index contributed by atoms with van der Waals surface area (Å²) in [6.07, 6.45) is 0.523. The number of carboxylic acids is 1. The molecule has 4 rings (SSSR count). The number of aliphatic carboxylic acids is 1. The Kier molecular flexibility index (Phi) is 4.78. The first-order valence-electron chi connectivity index (χ1n) is 8.79. The Morgan fingerprint density at radius 1 is 1.33 bits per heavy atom. The number of hydrogen-bond donors (Lipinski definition) is 1. The summed E-state index contributed by atoms with van der Waals surface area (Å²) >= 11 is 3.52. The number of methoxy groups -OCH3 is 1. The number of carboxylic acid groups (broad SMARTS) is 1. The quantitative estimate of drug-likeness (QED) is 0.806.